The molecule has 0 bridgehead atoms. The van der Waals surface area contributed by atoms with Crippen molar-refractivity contribution in [3.8, 4) is 11.3 Å². The second-order valence-corrected chi connectivity index (χ2v) is 6.70. The fourth-order valence-electron chi connectivity index (χ4n) is 3.32. The molecule has 1 aromatic heterocycles. The van der Waals surface area contributed by atoms with E-state index in [9.17, 15) is 8.78 Å². The van der Waals surface area contributed by atoms with E-state index < -0.39 is 11.6 Å². The number of rotatable bonds is 5. The first-order valence-electron chi connectivity index (χ1n) is 9.10. The summed E-state index contributed by atoms with van der Waals surface area (Å²) >= 11 is 0. The van der Waals surface area contributed by atoms with Gasteiger partial charge in [-0.15, -0.1) is 0 Å². The standard InChI is InChI=1S/C21H20F2N4/c22-15-10-11-17(23)19(12-15)25-20-13-18(14-6-2-1-3-7-14)26-21(27-20)24-16-8-4-5-9-16/h1-3,6-7,10-13,16H,4-5,8-9H2,(H2,24,25,26,27). The van der Waals surface area contributed by atoms with E-state index >= 15 is 0 Å². The normalized spacial score (nSPS) is 14.3. The zero-order valence-electron chi connectivity index (χ0n) is 14.8. The van der Waals surface area contributed by atoms with Crippen LogP contribution in [0.15, 0.2) is 54.6 Å². The van der Waals surface area contributed by atoms with Gasteiger partial charge in [0.1, 0.15) is 17.5 Å². The van der Waals surface area contributed by atoms with Crippen molar-refractivity contribution in [2.24, 2.45) is 0 Å². The lowest BCUT2D eigenvalue weighted by Gasteiger charge is -2.15. The van der Waals surface area contributed by atoms with Crippen LogP contribution in [0.4, 0.5) is 26.2 Å². The lowest BCUT2D eigenvalue weighted by Crippen LogP contribution is -2.17. The third-order valence-corrected chi connectivity index (χ3v) is 4.68. The molecule has 4 rings (SSSR count). The summed E-state index contributed by atoms with van der Waals surface area (Å²) in [5.74, 6) is -0.154. The molecule has 138 valence electrons. The Balaban J connectivity index is 1.69. The Hall–Kier alpha value is -3.02. The molecular weight excluding hydrogens is 346 g/mol. The smallest absolute Gasteiger partial charge is 0.225 e. The van der Waals surface area contributed by atoms with Gasteiger partial charge in [0.05, 0.1) is 11.4 Å². The molecule has 27 heavy (non-hydrogen) atoms. The Labute approximate surface area is 156 Å². The van der Waals surface area contributed by atoms with Crippen molar-refractivity contribution in [3.63, 3.8) is 0 Å². The molecule has 0 aliphatic heterocycles. The van der Waals surface area contributed by atoms with Crippen molar-refractivity contribution in [1.82, 2.24) is 9.97 Å². The van der Waals surface area contributed by atoms with Crippen molar-refractivity contribution < 1.29 is 8.78 Å². The molecule has 0 atom stereocenters. The summed E-state index contributed by atoms with van der Waals surface area (Å²) in [4.78, 5) is 9.08. The van der Waals surface area contributed by atoms with Gasteiger partial charge in [-0.05, 0) is 25.0 Å². The van der Waals surface area contributed by atoms with Crippen LogP contribution < -0.4 is 10.6 Å². The summed E-state index contributed by atoms with van der Waals surface area (Å²) in [5.41, 5.74) is 1.68. The highest BCUT2D eigenvalue weighted by Crippen LogP contribution is 2.27. The average Bonchev–Trinajstić information content (AvgIpc) is 3.18. The molecule has 1 heterocycles. The van der Waals surface area contributed by atoms with Gasteiger partial charge in [0.25, 0.3) is 0 Å². The molecular formula is C21H20F2N4. The van der Waals surface area contributed by atoms with Gasteiger partial charge in [0.15, 0.2) is 0 Å². The van der Waals surface area contributed by atoms with Gasteiger partial charge >= 0.3 is 0 Å². The highest BCUT2D eigenvalue weighted by atomic mass is 19.1. The van der Waals surface area contributed by atoms with Crippen LogP contribution in [0.1, 0.15) is 25.7 Å². The Morgan fingerprint density at radius 2 is 1.67 bits per heavy atom. The fraction of sp³-hybridized carbons (Fsp3) is 0.238. The van der Waals surface area contributed by atoms with Crippen LogP contribution in [0.2, 0.25) is 0 Å². The van der Waals surface area contributed by atoms with Gasteiger partial charge < -0.3 is 10.6 Å². The van der Waals surface area contributed by atoms with Crippen molar-refractivity contribution in [2.75, 3.05) is 10.6 Å². The molecule has 1 aliphatic rings. The van der Waals surface area contributed by atoms with Gasteiger partial charge in [-0.3, -0.25) is 0 Å². The van der Waals surface area contributed by atoms with E-state index in [-0.39, 0.29) is 5.69 Å². The summed E-state index contributed by atoms with van der Waals surface area (Å²) in [7, 11) is 0. The van der Waals surface area contributed by atoms with E-state index in [1.807, 2.05) is 30.3 Å². The van der Waals surface area contributed by atoms with E-state index in [1.54, 1.807) is 6.07 Å². The highest BCUT2D eigenvalue weighted by Gasteiger charge is 2.17. The minimum absolute atomic E-state index is 0.0412. The third-order valence-electron chi connectivity index (χ3n) is 4.68. The van der Waals surface area contributed by atoms with Gasteiger partial charge in [0.2, 0.25) is 5.95 Å². The fourth-order valence-corrected chi connectivity index (χ4v) is 3.32. The summed E-state index contributed by atoms with van der Waals surface area (Å²) in [6.45, 7) is 0. The molecule has 3 aromatic rings. The summed E-state index contributed by atoms with van der Waals surface area (Å²) in [6, 6.07) is 15.1. The lowest BCUT2D eigenvalue weighted by molar-refractivity contribution is 0.603. The number of aromatic nitrogens is 2. The van der Waals surface area contributed by atoms with Gasteiger partial charge in [-0.25, -0.2) is 13.8 Å². The molecule has 2 aromatic carbocycles. The molecule has 1 aliphatic carbocycles. The Morgan fingerprint density at radius 1 is 0.889 bits per heavy atom. The molecule has 0 amide bonds. The maximum atomic E-state index is 14.0. The minimum Gasteiger partial charge on any atom is -0.351 e. The lowest BCUT2D eigenvalue weighted by atomic mass is 10.1. The predicted molar refractivity (Wildman–Crippen MR) is 103 cm³/mol. The van der Waals surface area contributed by atoms with Gasteiger partial charge in [-0.2, -0.15) is 4.98 Å². The van der Waals surface area contributed by atoms with E-state index in [2.05, 4.69) is 20.6 Å². The van der Waals surface area contributed by atoms with Crippen LogP contribution in [0.5, 0.6) is 0 Å². The zero-order valence-corrected chi connectivity index (χ0v) is 14.8. The largest absolute Gasteiger partial charge is 0.351 e. The van der Waals surface area contributed by atoms with Crippen LogP contribution in [0.3, 0.4) is 0 Å². The van der Waals surface area contributed by atoms with E-state index in [0.717, 1.165) is 36.6 Å². The number of benzene rings is 2. The molecule has 0 spiro atoms. The third kappa shape index (κ3) is 4.22. The molecule has 0 radical (unpaired) electrons. The Bertz CT molecular complexity index is 925. The van der Waals surface area contributed by atoms with Crippen molar-refractivity contribution in [3.05, 3.63) is 66.2 Å². The highest BCUT2D eigenvalue weighted by molar-refractivity contribution is 5.67. The van der Waals surface area contributed by atoms with Crippen molar-refractivity contribution in [2.45, 2.75) is 31.7 Å². The predicted octanol–water partition coefficient (Wildman–Crippen LogP) is 5.52. The van der Waals surface area contributed by atoms with E-state index in [0.29, 0.717) is 23.5 Å². The summed E-state index contributed by atoms with van der Waals surface area (Å²) in [6.07, 6.45) is 4.55. The average molecular weight is 366 g/mol. The minimum atomic E-state index is -0.540. The van der Waals surface area contributed by atoms with Gasteiger partial charge in [0, 0.05) is 23.7 Å². The number of nitrogens with one attached hydrogen (secondary N) is 2. The van der Waals surface area contributed by atoms with Gasteiger partial charge in [-0.1, -0.05) is 43.2 Å². The summed E-state index contributed by atoms with van der Waals surface area (Å²) in [5, 5.41) is 6.26. The number of hydrogen-bond donors (Lipinski definition) is 2. The molecule has 6 heteroatoms. The van der Waals surface area contributed by atoms with Crippen molar-refractivity contribution in [1.29, 1.82) is 0 Å². The number of halogens is 2. The van der Waals surface area contributed by atoms with E-state index in [4.69, 9.17) is 0 Å². The van der Waals surface area contributed by atoms with Crippen molar-refractivity contribution >= 4 is 17.5 Å². The first-order chi connectivity index (χ1) is 13.2. The van der Waals surface area contributed by atoms with Crippen LogP contribution >= 0.6 is 0 Å². The number of nitrogens with zero attached hydrogens (tertiary/aromatic N) is 2. The molecule has 1 fully saturated rings. The second-order valence-electron chi connectivity index (χ2n) is 6.70. The molecule has 0 saturated heterocycles. The monoisotopic (exact) mass is 366 g/mol. The summed E-state index contributed by atoms with van der Waals surface area (Å²) < 4.78 is 27.5. The SMILES string of the molecule is Fc1ccc(F)c(Nc2cc(-c3ccccc3)nc(NC3CCCC3)n2)c1. The van der Waals surface area contributed by atoms with Crippen LogP contribution in [-0.2, 0) is 0 Å². The molecule has 0 unspecified atom stereocenters. The first-order valence-corrected chi connectivity index (χ1v) is 9.10. The zero-order chi connectivity index (χ0) is 18.6. The topological polar surface area (TPSA) is 49.8 Å². The number of anilines is 3. The molecule has 2 N–H and O–H groups in total. The second kappa shape index (κ2) is 7.70. The maximum Gasteiger partial charge on any atom is 0.225 e. The van der Waals surface area contributed by atoms with Crippen LogP contribution in [0.25, 0.3) is 11.3 Å². The van der Waals surface area contributed by atoms with E-state index in [1.165, 1.54) is 12.8 Å². The first kappa shape index (κ1) is 17.4. The quantitative estimate of drug-likeness (QED) is 0.624. The Morgan fingerprint density at radius 3 is 2.44 bits per heavy atom. The Kier molecular flexibility index (Phi) is 4.96. The van der Waals surface area contributed by atoms with Crippen LogP contribution in [0, 0.1) is 11.6 Å². The van der Waals surface area contributed by atoms with Crippen LogP contribution in [-0.4, -0.2) is 16.0 Å². The molecule has 4 nitrogen and oxygen atoms in total. The molecule has 1 saturated carbocycles. The maximum absolute atomic E-state index is 14.0. The number of hydrogen-bond acceptors (Lipinski definition) is 4.